The Bertz CT molecular complexity index is 1710. The standard InChI is InChI=1S/C34H38F4N4O4/c1-8-27-24(32-20(4)9-10-26(35)21(32)5)14-23(17-39-27)28(16-31(44)45)40-33(46)29(13-19(2)3)42-18-22(11-12-41(6)7)25(15-30(42)43)34(36,37)38/h1,9-10,14-15,17-19,28-29H,11-13,16H2,2-7H3,(H,40,46)(H,44,45)/t28-,29+/m1/s1. The summed E-state index contributed by atoms with van der Waals surface area (Å²) in [4.78, 5) is 45.0. The summed E-state index contributed by atoms with van der Waals surface area (Å²) >= 11 is 0. The van der Waals surface area contributed by atoms with Gasteiger partial charge in [-0.1, -0.05) is 19.9 Å². The van der Waals surface area contributed by atoms with Gasteiger partial charge < -0.3 is 19.9 Å². The molecule has 0 aliphatic heterocycles. The van der Waals surface area contributed by atoms with E-state index in [1.54, 1.807) is 58.8 Å². The van der Waals surface area contributed by atoms with Crippen molar-refractivity contribution in [2.45, 2.75) is 65.2 Å². The van der Waals surface area contributed by atoms with Crippen molar-refractivity contribution in [2.75, 3.05) is 20.6 Å². The van der Waals surface area contributed by atoms with Crippen LogP contribution >= 0.6 is 0 Å². The molecule has 0 fully saturated rings. The van der Waals surface area contributed by atoms with Crippen molar-refractivity contribution < 1.29 is 32.3 Å². The number of amides is 1. The number of aliphatic carboxylic acids is 1. The third-order valence-electron chi connectivity index (χ3n) is 7.65. The van der Waals surface area contributed by atoms with Crippen LogP contribution < -0.4 is 10.9 Å². The van der Waals surface area contributed by atoms with E-state index in [9.17, 15) is 37.1 Å². The first-order valence-electron chi connectivity index (χ1n) is 14.7. The highest BCUT2D eigenvalue weighted by Gasteiger charge is 2.36. The zero-order chi connectivity index (χ0) is 34.5. The molecule has 8 nitrogen and oxygen atoms in total. The van der Waals surface area contributed by atoms with E-state index in [-0.39, 0.29) is 42.1 Å². The van der Waals surface area contributed by atoms with Gasteiger partial charge in [-0.3, -0.25) is 14.4 Å². The lowest BCUT2D eigenvalue weighted by Gasteiger charge is -2.26. The first-order valence-corrected chi connectivity index (χ1v) is 14.7. The number of hydrogen-bond acceptors (Lipinski definition) is 5. The van der Waals surface area contributed by atoms with Gasteiger partial charge >= 0.3 is 12.1 Å². The van der Waals surface area contributed by atoms with Crippen LogP contribution in [0.5, 0.6) is 0 Å². The Morgan fingerprint density at radius 1 is 1.17 bits per heavy atom. The largest absolute Gasteiger partial charge is 0.481 e. The number of alkyl halides is 3. The van der Waals surface area contributed by atoms with Gasteiger partial charge in [0.25, 0.3) is 5.56 Å². The first kappa shape index (κ1) is 36.0. The number of aromatic nitrogens is 2. The molecule has 2 heterocycles. The number of halogens is 4. The number of carboxylic acid groups (broad SMARTS) is 1. The van der Waals surface area contributed by atoms with Crippen molar-refractivity contribution in [3.8, 4) is 23.5 Å². The average molecular weight is 643 g/mol. The van der Waals surface area contributed by atoms with E-state index < -0.39 is 53.5 Å². The van der Waals surface area contributed by atoms with Crippen LogP contribution in [-0.2, 0) is 22.2 Å². The molecule has 246 valence electrons. The monoisotopic (exact) mass is 642 g/mol. The molecule has 0 bridgehead atoms. The van der Waals surface area contributed by atoms with Gasteiger partial charge in [0.05, 0.1) is 18.0 Å². The number of aryl methyl sites for hydroxylation is 1. The predicted molar refractivity (Wildman–Crippen MR) is 167 cm³/mol. The minimum atomic E-state index is -4.78. The third kappa shape index (κ3) is 8.60. The minimum absolute atomic E-state index is 0.0331. The Hall–Kier alpha value is -4.50. The summed E-state index contributed by atoms with van der Waals surface area (Å²) in [6, 6.07) is 2.51. The second-order valence-electron chi connectivity index (χ2n) is 12.0. The lowest BCUT2D eigenvalue weighted by Crippen LogP contribution is -2.40. The van der Waals surface area contributed by atoms with Gasteiger partial charge in [-0.15, -0.1) is 6.42 Å². The van der Waals surface area contributed by atoms with Crippen LogP contribution in [0.3, 0.4) is 0 Å². The normalized spacial score (nSPS) is 13.0. The Kier molecular flexibility index (Phi) is 11.5. The molecule has 2 atom stereocenters. The van der Waals surface area contributed by atoms with Gasteiger partial charge in [0.2, 0.25) is 5.91 Å². The van der Waals surface area contributed by atoms with E-state index in [4.69, 9.17) is 6.42 Å². The van der Waals surface area contributed by atoms with Gasteiger partial charge in [-0.25, -0.2) is 9.37 Å². The van der Waals surface area contributed by atoms with Crippen molar-refractivity contribution in [1.82, 2.24) is 19.8 Å². The summed E-state index contributed by atoms with van der Waals surface area (Å²) in [5, 5.41) is 12.4. The smallest absolute Gasteiger partial charge is 0.416 e. The van der Waals surface area contributed by atoms with Crippen LogP contribution in [-0.4, -0.2) is 52.1 Å². The molecule has 0 spiro atoms. The van der Waals surface area contributed by atoms with Crippen molar-refractivity contribution in [3.05, 3.63) is 86.3 Å². The maximum atomic E-state index is 14.6. The molecular formula is C34H38F4N4O4. The Morgan fingerprint density at radius 2 is 1.85 bits per heavy atom. The highest BCUT2D eigenvalue weighted by atomic mass is 19.4. The Balaban J connectivity index is 2.14. The number of nitrogens with zero attached hydrogens (tertiary/aromatic N) is 3. The van der Waals surface area contributed by atoms with E-state index in [1.165, 1.54) is 12.3 Å². The first-order chi connectivity index (χ1) is 21.4. The minimum Gasteiger partial charge on any atom is -0.481 e. The molecule has 0 aliphatic carbocycles. The number of benzene rings is 1. The molecular weight excluding hydrogens is 604 g/mol. The van der Waals surface area contributed by atoms with Crippen LogP contribution in [0.2, 0.25) is 0 Å². The average Bonchev–Trinajstić information content (AvgIpc) is 2.96. The maximum Gasteiger partial charge on any atom is 0.416 e. The zero-order valence-electron chi connectivity index (χ0n) is 26.6. The number of hydrogen-bond donors (Lipinski definition) is 2. The lowest BCUT2D eigenvalue weighted by atomic mass is 9.91. The van der Waals surface area contributed by atoms with Crippen molar-refractivity contribution in [1.29, 1.82) is 0 Å². The molecule has 12 heteroatoms. The second-order valence-corrected chi connectivity index (χ2v) is 12.0. The van der Waals surface area contributed by atoms with Gasteiger partial charge in [0.15, 0.2) is 0 Å². The summed E-state index contributed by atoms with van der Waals surface area (Å²) in [5.74, 6) is -0.211. The fourth-order valence-electron chi connectivity index (χ4n) is 5.34. The molecule has 0 unspecified atom stereocenters. The topological polar surface area (TPSA) is 105 Å². The molecule has 3 rings (SSSR count). The highest BCUT2D eigenvalue weighted by Crippen LogP contribution is 2.34. The van der Waals surface area contributed by atoms with Crippen molar-refractivity contribution >= 4 is 11.9 Å². The van der Waals surface area contributed by atoms with E-state index in [0.29, 0.717) is 28.3 Å². The van der Waals surface area contributed by atoms with Crippen LogP contribution in [0.4, 0.5) is 17.6 Å². The summed E-state index contributed by atoms with van der Waals surface area (Å²) in [7, 11) is 3.41. The summed E-state index contributed by atoms with van der Waals surface area (Å²) in [6.07, 6.45) is 2.75. The highest BCUT2D eigenvalue weighted by molar-refractivity contribution is 5.82. The fraction of sp³-hybridized carbons (Fsp3) is 0.412. The number of carbonyl (C=O) groups excluding carboxylic acids is 1. The second kappa shape index (κ2) is 14.7. The maximum absolute atomic E-state index is 14.6. The quantitative estimate of drug-likeness (QED) is 0.194. The molecule has 46 heavy (non-hydrogen) atoms. The predicted octanol–water partition coefficient (Wildman–Crippen LogP) is 5.69. The van der Waals surface area contributed by atoms with E-state index >= 15 is 0 Å². The molecule has 2 aromatic heterocycles. The zero-order valence-corrected chi connectivity index (χ0v) is 26.6. The SMILES string of the molecule is C#Cc1ncc([C@@H](CC(=O)O)NC(=O)[C@H](CC(C)C)n2cc(CCN(C)C)c(C(F)(F)F)cc2=O)cc1-c1c(C)ccc(F)c1C. The molecule has 0 saturated carbocycles. The molecule has 1 amide bonds. The lowest BCUT2D eigenvalue weighted by molar-refractivity contribution is -0.139. The number of terminal acetylenes is 1. The number of rotatable bonds is 12. The number of carboxylic acids is 1. The fourth-order valence-corrected chi connectivity index (χ4v) is 5.34. The number of nitrogens with one attached hydrogen (secondary N) is 1. The van der Waals surface area contributed by atoms with Gasteiger partial charge in [0.1, 0.15) is 17.6 Å². The van der Waals surface area contributed by atoms with Gasteiger partial charge in [0, 0.05) is 30.6 Å². The Labute approximate surface area is 265 Å². The third-order valence-corrected chi connectivity index (χ3v) is 7.65. The summed E-state index contributed by atoms with van der Waals surface area (Å²) in [5.41, 5.74) is 0.0278. The summed E-state index contributed by atoms with van der Waals surface area (Å²) in [6.45, 7) is 7.17. The number of carbonyl (C=O) groups is 2. The number of pyridine rings is 2. The van der Waals surface area contributed by atoms with E-state index in [0.717, 1.165) is 10.8 Å². The molecule has 0 radical (unpaired) electrons. The van der Waals surface area contributed by atoms with Crippen molar-refractivity contribution in [2.24, 2.45) is 5.92 Å². The van der Waals surface area contributed by atoms with Crippen LogP contribution in [0, 0.1) is 37.9 Å². The van der Waals surface area contributed by atoms with Crippen LogP contribution in [0.15, 0.2) is 41.5 Å². The molecule has 2 N–H and O–H groups in total. The van der Waals surface area contributed by atoms with E-state index in [1.807, 2.05) is 0 Å². The van der Waals surface area contributed by atoms with Crippen molar-refractivity contribution in [3.63, 3.8) is 0 Å². The molecule has 0 aliphatic rings. The van der Waals surface area contributed by atoms with E-state index in [2.05, 4.69) is 16.2 Å². The van der Waals surface area contributed by atoms with Crippen LogP contribution in [0.25, 0.3) is 11.1 Å². The number of likely N-dealkylation sites (N-methyl/N-ethyl adjacent to an activating group) is 1. The van der Waals surface area contributed by atoms with Gasteiger partial charge in [-0.05, 0) is 92.6 Å². The molecule has 0 saturated heterocycles. The Morgan fingerprint density at radius 3 is 2.41 bits per heavy atom. The van der Waals surface area contributed by atoms with Gasteiger partial charge in [-0.2, -0.15) is 13.2 Å². The van der Waals surface area contributed by atoms with Crippen LogP contribution in [0.1, 0.15) is 72.3 Å². The molecule has 3 aromatic rings. The summed E-state index contributed by atoms with van der Waals surface area (Å²) < 4.78 is 57.2. The molecule has 1 aromatic carbocycles.